The van der Waals surface area contributed by atoms with Crippen LogP contribution in [-0.2, 0) is 4.79 Å². The molecule has 0 saturated heterocycles. The molecule has 0 heterocycles. The Bertz CT molecular complexity index is 426. The summed E-state index contributed by atoms with van der Waals surface area (Å²) in [6.07, 6.45) is 11.2. The van der Waals surface area contributed by atoms with E-state index in [0.717, 1.165) is 38.5 Å². The van der Waals surface area contributed by atoms with E-state index in [-0.39, 0.29) is 5.41 Å². The molecule has 0 aromatic carbocycles. The molecule has 3 atom stereocenters. The number of aliphatic hydroxyl groups is 1. The number of carboxylic acid groups (broad SMARTS) is 1. The van der Waals surface area contributed by atoms with Gasteiger partial charge in [0.05, 0.1) is 11.0 Å². The van der Waals surface area contributed by atoms with Gasteiger partial charge < -0.3 is 10.2 Å². The fourth-order valence-electron chi connectivity index (χ4n) is 6.30. The maximum Gasteiger partial charge on any atom is 0.309 e. The zero-order valence-electron chi connectivity index (χ0n) is 14.2. The lowest BCUT2D eigenvalue weighted by Crippen LogP contribution is -2.62. The molecule has 0 aromatic rings. The number of hydrogen-bond donors (Lipinski definition) is 2. The molecule has 4 rings (SSSR count). The van der Waals surface area contributed by atoms with Crippen molar-refractivity contribution in [3.8, 4) is 0 Å². The molecule has 0 amide bonds. The van der Waals surface area contributed by atoms with E-state index in [1.54, 1.807) is 0 Å². The van der Waals surface area contributed by atoms with Gasteiger partial charge >= 0.3 is 5.97 Å². The highest BCUT2D eigenvalue weighted by Gasteiger charge is 2.65. The first-order valence-electron chi connectivity index (χ1n) is 9.28. The van der Waals surface area contributed by atoms with Crippen molar-refractivity contribution in [2.75, 3.05) is 0 Å². The van der Waals surface area contributed by atoms with Crippen LogP contribution in [0.15, 0.2) is 0 Å². The van der Waals surface area contributed by atoms with Crippen LogP contribution >= 0.6 is 0 Å². The third kappa shape index (κ3) is 2.50. The summed E-state index contributed by atoms with van der Waals surface area (Å²) in [4.78, 5) is 11.9. The van der Waals surface area contributed by atoms with Crippen LogP contribution in [0, 0.1) is 22.7 Å². The Morgan fingerprint density at radius 3 is 2.32 bits per heavy atom. The average Bonchev–Trinajstić information content (AvgIpc) is 2.42. The van der Waals surface area contributed by atoms with Crippen LogP contribution in [-0.4, -0.2) is 21.8 Å². The standard InChI is InChI=1S/C19H32O3/c1-3-4-5-6-7-17(2,22)19-11-14-8-15(12-19)10-18(9-14,13-19)16(20)21/h14-15,22H,3-13H2,1-2H3,(H,20,21). The second kappa shape index (κ2) is 5.51. The molecule has 0 spiro atoms. The summed E-state index contributed by atoms with van der Waals surface area (Å²) >= 11 is 0. The minimum absolute atomic E-state index is 0.137. The predicted molar refractivity (Wildman–Crippen MR) is 86.6 cm³/mol. The topological polar surface area (TPSA) is 57.5 Å². The van der Waals surface area contributed by atoms with Gasteiger partial charge in [0.15, 0.2) is 0 Å². The first-order chi connectivity index (χ1) is 10.3. The second-order valence-corrected chi connectivity index (χ2v) is 8.91. The van der Waals surface area contributed by atoms with Crippen LogP contribution in [0.2, 0.25) is 0 Å². The first kappa shape index (κ1) is 16.3. The van der Waals surface area contributed by atoms with Crippen molar-refractivity contribution in [1.82, 2.24) is 0 Å². The maximum atomic E-state index is 11.9. The van der Waals surface area contributed by atoms with Gasteiger partial charge in [-0.3, -0.25) is 4.79 Å². The van der Waals surface area contributed by atoms with Crippen LogP contribution in [0.1, 0.15) is 84.5 Å². The van der Waals surface area contributed by atoms with E-state index in [4.69, 9.17) is 0 Å². The number of unbranched alkanes of at least 4 members (excludes halogenated alkanes) is 3. The van der Waals surface area contributed by atoms with Crippen molar-refractivity contribution in [1.29, 1.82) is 0 Å². The van der Waals surface area contributed by atoms with Crippen molar-refractivity contribution < 1.29 is 15.0 Å². The van der Waals surface area contributed by atoms with E-state index in [1.807, 2.05) is 6.92 Å². The van der Waals surface area contributed by atoms with E-state index in [0.29, 0.717) is 18.3 Å². The zero-order valence-corrected chi connectivity index (χ0v) is 14.2. The van der Waals surface area contributed by atoms with Gasteiger partial charge in [-0.15, -0.1) is 0 Å². The molecule has 0 aliphatic heterocycles. The summed E-state index contributed by atoms with van der Waals surface area (Å²) in [7, 11) is 0. The first-order valence-corrected chi connectivity index (χ1v) is 9.28. The molecule has 0 radical (unpaired) electrons. The summed E-state index contributed by atoms with van der Waals surface area (Å²) in [6, 6.07) is 0. The number of aliphatic carboxylic acids is 1. The SMILES string of the molecule is CCCCCCC(C)(O)C12CC3CC(CC(C(=O)O)(C3)C1)C2. The summed E-state index contributed by atoms with van der Waals surface area (Å²) in [5.41, 5.74) is -1.36. The summed E-state index contributed by atoms with van der Waals surface area (Å²) in [6.45, 7) is 4.20. The fourth-order valence-corrected chi connectivity index (χ4v) is 6.30. The highest BCUT2D eigenvalue weighted by atomic mass is 16.4. The van der Waals surface area contributed by atoms with Gasteiger partial charge in [-0.05, 0) is 63.7 Å². The molecular formula is C19H32O3. The third-order valence-corrected chi connectivity index (χ3v) is 7.17. The highest BCUT2D eigenvalue weighted by Crippen LogP contribution is 2.68. The number of carbonyl (C=O) groups is 1. The van der Waals surface area contributed by atoms with Crippen molar-refractivity contribution in [3.05, 3.63) is 0 Å². The van der Waals surface area contributed by atoms with E-state index in [2.05, 4.69) is 6.92 Å². The fraction of sp³-hybridized carbons (Fsp3) is 0.947. The molecule has 22 heavy (non-hydrogen) atoms. The second-order valence-electron chi connectivity index (χ2n) is 8.91. The Morgan fingerprint density at radius 1 is 1.14 bits per heavy atom. The minimum atomic E-state index is -0.695. The van der Waals surface area contributed by atoms with E-state index in [1.165, 1.54) is 25.7 Å². The zero-order chi connectivity index (χ0) is 16.0. The lowest BCUT2D eigenvalue weighted by molar-refractivity contribution is -0.212. The van der Waals surface area contributed by atoms with Crippen LogP contribution in [0.25, 0.3) is 0 Å². The molecule has 4 bridgehead atoms. The molecule has 3 nitrogen and oxygen atoms in total. The molecule has 126 valence electrons. The Hall–Kier alpha value is -0.570. The van der Waals surface area contributed by atoms with Crippen molar-refractivity contribution >= 4 is 5.97 Å². The molecule has 4 aliphatic rings. The van der Waals surface area contributed by atoms with Gasteiger partial charge in [-0.25, -0.2) is 0 Å². The Balaban J connectivity index is 1.78. The van der Waals surface area contributed by atoms with Gasteiger partial charge in [0.25, 0.3) is 0 Å². The molecule has 2 N–H and O–H groups in total. The van der Waals surface area contributed by atoms with Gasteiger partial charge in [-0.2, -0.15) is 0 Å². The molecule has 3 heteroatoms. The van der Waals surface area contributed by atoms with Gasteiger partial charge in [0, 0.05) is 5.41 Å². The van der Waals surface area contributed by atoms with Crippen LogP contribution in [0.5, 0.6) is 0 Å². The Kier molecular flexibility index (Phi) is 4.08. The largest absolute Gasteiger partial charge is 0.481 e. The Morgan fingerprint density at radius 2 is 1.77 bits per heavy atom. The van der Waals surface area contributed by atoms with Crippen molar-refractivity contribution in [2.45, 2.75) is 90.1 Å². The smallest absolute Gasteiger partial charge is 0.309 e. The van der Waals surface area contributed by atoms with Crippen LogP contribution < -0.4 is 0 Å². The number of rotatable bonds is 7. The summed E-state index contributed by atoms with van der Waals surface area (Å²) < 4.78 is 0. The number of carboxylic acids is 1. The molecule has 4 fully saturated rings. The normalized spacial score (nSPS) is 42.3. The lowest BCUT2D eigenvalue weighted by atomic mass is 9.40. The molecular weight excluding hydrogens is 276 g/mol. The predicted octanol–water partition coefficient (Wildman–Crippen LogP) is 4.38. The van der Waals surface area contributed by atoms with Crippen LogP contribution in [0.3, 0.4) is 0 Å². The summed E-state index contributed by atoms with van der Waals surface area (Å²) in [5.74, 6) is 0.451. The van der Waals surface area contributed by atoms with E-state index in [9.17, 15) is 15.0 Å². The van der Waals surface area contributed by atoms with Crippen LogP contribution in [0.4, 0.5) is 0 Å². The van der Waals surface area contributed by atoms with Gasteiger partial charge in [0.1, 0.15) is 0 Å². The van der Waals surface area contributed by atoms with Crippen molar-refractivity contribution in [2.24, 2.45) is 22.7 Å². The Labute approximate surface area is 134 Å². The lowest BCUT2D eigenvalue weighted by Gasteiger charge is -2.64. The average molecular weight is 308 g/mol. The minimum Gasteiger partial charge on any atom is -0.481 e. The molecule has 4 aliphatic carbocycles. The summed E-state index contributed by atoms with van der Waals surface area (Å²) in [5, 5.41) is 21.1. The van der Waals surface area contributed by atoms with Gasteiger partial charge in [0.2, 0.25) is 0 Å². The van der Waals surface area contributed by atoms with Crippen molar-refractivity contribution in [3.63, 3.8) is 0 Å². The molecule has 3 unspecified atom stereocenters. The molecule has 4 saturated carbocycles. The van der Waals surface area contributed by atoms with E-state index >= 15 is 0 Å². The van der Waals surface area contributed by atoms with E-state index < -0.39 is 17.0 Å². The van der Waals surface area contributed by atoms with Gasteiger partial charge in [-0.1, -0.05) is 32.6 Å². The quantitative estimate of drug-likeness (QED) is 0.686. The third-order valence-electron chi connectivity index (χ3n) is 7.17. The number of hydrogen-bond acceptors (Lipinski definition) is 2. The maximum absolute atomic E-state index is 11.9. The highest BCUT2D eigenvalue weighted by molar-refractivity contribution is 5.75. The monoisotopic (exact) mass is 308 g/mol. The molecule has 0 aromatic heterocycles.